The predicted molar refractivity (Wildman–Crippen MR) is 238 cm³/mol. The molecule has 8 heteroatoms. The third kappa shape index (κ3) is 11.3. The Morgan fingerprint density at radius 3 is 1.43 bits per heavy atom. The summed E-state index contributed by atoms with van der Waals surface area (Å²) in [5.74, 6) is -0.720. The van der Waals surface area contributed by atoms with Gasteiger partial charge in [0.05, 0.1) is 42.4 Å². The molecular formula is C50H46N4O4. The van der Waals surface area contributed by atoms with E-state index in [2.05, 4.69) is 47.7 Å². The van der Waals surface area contributed by atoms with E-state index >= 15 is 0 Å². The zero-order chi connectivity index (χ0) is 41.3. The maximum Gasteiger partial charge on any atom is 0.338 e. The predicted octanol–water partition coefficient (Wildman–Crippen LogP) is 11.1. The fourth-order valence-corrected chi connectivity index (χ4v) is 6.16. The Morgan fingerprint density at radius 1 is 0.638 bits per heavy atom. The van der Waals surface area contributed by atoms with Crippen LogP contribution in [0.5, 0.6) is 0 Å². The number of hydrogen-bond acceptors (Lipinski definition) is 7. The van der Waals surface area contributed by atoms with Crippen LogP contribution in [-0.4, -0.2) is 51.3 Å². The van der Waals surface area contributed by atoms with Crippen molar-refractivity contribution in [2.45, 2.75) is 13.8 Å². The summed E-state index contributed by atoms with van der Waals surface area (Å²) in [4.78, 5) is 33.0. The molecular weight excluding hydrogens is 721 g/mol. The van der Waals surface area contributed by atoms with E-state index in [4.69, 9.17) is 16.0 Å². The van der Waals surface area contributed by atoms with Crippen LogP contribution in [0.1, 0.15) is 73.5 Å². The summed E-state index contributed by atoms with van der Waals surface area (Å²) in [5, 5.41) is 10.0. The number of ether oxygens (including phenoxy) is 2. The first kappa shape index (κ1) is 41.7. The largest absolute Gasteiger partial charge is 0.460 e. The molecule has 5 aromatic rings. The highest BCUT2D eigenvalue weighted by Gasteiger charge is 2.12. The molecule has 0 saturated carbocycles. The van der Waals surface area contributed by atoms with Gasteiger partial charge in [-0.25, -0.2) is 14.4 Å². The van der Waals surface area contributed by atoms with Gasteiger partial charge in [-0.1, -0.05) is 98.1 Å². The van der Waals surface area contributed by atoms with Crippen molar-refractivity contribution in [2.75, 3.05) is 49.2 Å². The second kappa shape index (κ2) is 21.0. The molecule has 5 aromatic carbocycles. The van der Waals surface area contributed by atoms with Crippen LogP contribution in [0, 0.1) is 17.9 Å². The van der Waals surface area contributed by atoms with Gasteiger partial charge in [-0.05, 0) is 108 Å². The van der Waals surface area contributed by atoms with Crippen molar-refractivity contribution in [3.63, 3.8) is 0 Å². The van der Waals surface area contributed by atoms with Crippen molar-refractivity contribution in [1.82, 2.24) is 0 Å². The van der Waals surface area contributed by atoms with Crippen molar-refractivity contribution >= 4 is 65.5 Å². The van der Waals surface area contributed by atoms with Crippen molar-refractivity contribution in [3.8, 4) is 6.07 Å². The lowest BCUT2D eigenvalue weighted by atomic mass is 10.0. The Kier molecular flexibility index (Phi) is 15.1. The summed E-state index contributed by atoms with van der Waals surface area (Å²) in [6.45, 7) is 22.5. The van der Waals surface area contributed by atoms with E-state index in [1.165, 1.54) is 0 Å². The summed E-state index contributed by atoms with van der Waals surface area (Å²) in [6, 6.07) is 36.1. The van der Waals surface area contributed by atoms with Gasteiger partial charge in [0.2, 0.25) is 0 Å². The Bertz CT molecular complexity index is 2180. The molecule has 0 fully saturated rings. The molecule has 0 aliphatic rings. The molecule has 0 atom stereocenters. The van der Waals surface area contributed by atoms with Crippen molar-refractivity contribution in [2.24, 2.45) is 0 Å². The molecule has 8 nitrogen and oxygen atoms in total. The maximum absolute atomic E-state index is 12.5. The molecule has 0 aliphatic carbocycles. The van der Waals surface area contributed by atoms with E-state index in [9.17, 15) is 14.9 Å². The van der Waals surface area contributed by atoms with Crippen LogP contribution in [0.15, 0.2) is 122 Å². The molecule has 290 valence electrons. The van der Waals surface area contributed by atoms with Crippen LogP contribution in [-0.2, 0) is 9.47 Å². The Morgan fingerprint density at radius 2 is 1.05 bits per heavy atom. The molecule has 0 amide bonds. The third-order valence-electron chi connectivity index (χ3n) is 9.58. The SMILES string of the molecule is [C-]#[N+]c1cc(/C=C/c2ccc(N(CC)CCOC(=O)c3ccc(C=C)cc3)cc2)c(C#N)cc1/C=C/c1ccc(N(CC)CCOC(=O)c2ccc(C=C)cc2)cc1. The Hall–Kier alpha value is -7.42. The van der Waals surface area contributed by atoms with Crippen molar-refractivity contribution in [1.29, 1.82) is 5.26 Å². The number of anilines is 2. The first-order valence-electron chi connectivity index (χ1n) is 19.1. The highest BCUT2D eigenvalue weighted by Crippen LogP contribution is 2.28. The minimum absolute atomic E-state index is 0.252. The molecule has 5 rings (SSSR count). The van der Waals surface area contributed by atoms with Gasteiger partial charge >= 0.3 is 11.9 Å². The third-order valence-corrected chi connectivity index (χ3v) is 9.58. The molecule has 0 saturated heterocycles. The van der Waals surface area contributed by atoms with Crippen LogP contribution in [0.25, 0.3) is 41.3 Å². The Labute approximate surface area is 341 Å². The molecule has 0 aromatic heterocycles. The van der Waals surface area contributed by atoms with Crippen LogP contribution in [0.3, 0.4) is 0 Å². The Balaban J connectivity index is 1.16. The molecule has 0 aliphatic heterocycles. The number of esters is 2. The standard InChI is InChI=1S/C50H46N4O4/c1-6-37-10-20-41(21-11-37)49(55)57-32-30-53(8-3)46-26-16-39(17-27-46)14-24-43-35-48(52-5)44(34-45(43)36-51)25-15-40-18-28-47(29-19-40)54(9-4)31-33-58-50(56)42-22-12-38(7-2)13-23-42/h6-7,10-29,34-35H,1-2,8-9,30-33H2,3-4H3/b24-14+,25-15+. The van der Waals surface area contributed by atoms with Gasteiger partial charge in [-0.2, -0.15) is 5.26 Å². The number of hydrogen-bond donors (Lipinski definition) is 0. The number of rotatable bonds is 18. The quantitative estimate of drug-likeness (QED) is 0.0498. The smallest absolute Gasteiger partial charge is 0.338 e. The lowest BCUT2D eigenvalue weighted by Crippen LogP contribution is -2.28. The summed E-state index contributed by atoms with van der Waals surface area (Å²) in [7, 11) is 0. The highest BCUT2D eigenvalue weighted by molar-refractivity contribution is 5.90. The van der Waals surface area contributed by atoms with Gasteiger partial charge in [0, 0.05) is 24.5 Å². The molecule has 0 N–H and O–H groups in total. The lowest BCUT2D eigenvalue weighted by molar-refractivity contribution is 0.0506. The molecule has 0 bridgehead atoms. The number of carbonyl (C=O) groups is 2. The van der Waals surface area contributed by atoms with Crippen LogP contribution >= 0.6 is 0 Å². The van der Waals surface area contributed by atoms with Gasteiger partial charge in [0.1, 0.15) is 13.2 Å². The first-order chi connectivity index (χ1) is 28.3. The number of likely N-dealkylation sites (N-methyl/N-ethyl adjacent to an activating group) is 2. The van der Waals surface area contributed by atoms with Crippen molar-refractivity contribution < 1.29 is 19.1 Å². The summed E-state index contributed by atoms with van der Waals surface area (Å²) < 4.78 is 11.0. The van der Waals surface area contributed by atoms with Crippen LogP contribution < -0.4 is 9.80 Å². The highest BCUT2D eigenvalue weighted by atomic mass is 16.5. The van der Waals surface area contributed by atoms with E-state index in [1.54, 1.807) is 48.6 Å². The second-order valence-corrected chi connectivity index (χ2v) is 13.2. The number of nitrogens with zero attached hydrogens (tertiary/aromatic N) is 4. The number of carbonyl (C=O) groups excluding carboxylic acids is 2. The van der Waals surface area contributed by atoms with E-state index in [-0.39, 0.29) is 25.2 Å². The van der Waals surface area contributed by atoms with Gasteiger partial charge in [0.15, 0.2) is 5.69 Å². The molecule has 0 radical (unpaired) electrons. The van der Waals surface area contributed by atoms with Crippen LogP contribution in [0.4, 0.5) is 17.1 Å². The monoisotopic (exact) mass is 766 g/mol. The fourth-order valence-electron chi connectivity index (χ4n) is 6.16. The topological polar surface area (TPSA) is 87.2 Å². The minimum Gasteiger partial charge on any atom is -0.460 e. The summed E-state index contributed by atoms with van der Waals surface area (Å²) >= 11 is 0. The zero-order valence-electron chi connectivity index (χ0n) is 32.9. The van der Waals surface area contributed by atoms with Crippen LogP contribution in [0.2, 0.25) is 0 Å². The molecule has 0 unspecified atom stereocenters. The fraction of sp³-hybridized carbons (Fsp3) is 0.160. The number of benzene rings is 5. The number of nitriles is 1. The summed E-state index contributed by atoms with van der Waals surface area (Å²) in [6.07, 6.45) is 11.0. The molecule has 0 spiro atoms. The van der Waals surface area contributed by atoms with Gasteiger partial charge < -0.3 is 19.3 Å². The molecule has 0 heterocycles. The van der Waals surface area contributed by atoms with E-state index in [0.29, 0.717) is 46.6 Å². The van der Waals surface area contributed by atoms with Gasteiger partial charge in [-0.3, -0.25) is 0 Å². The van der Waals surface area contributed by atoms with E-state index in [1.807, 2.05) is 97.1 Å². The van der Waals surface area contributed by atoms with Crippen molar-refractivity contribution in [3.05, 3.63) is 184 Å². The average Bonchev–Trinajstić information content (AvgIpc) is 3.28. The molecule has 58 heavy (non-hydrogen) atoms. The normalized spacial score (nSPS) is 10.8. The zero-order valence-corrected chi connectivity index (χ0v) is 32.9. The van der Waals surface area contributed by atoms with Gasteiger partial charge in [-0.15, -0.1) is 0 Å². The minimum atomic E-state index is -0.360. The lowest BCUT2D eigenvalue weighted by Gasteiger charge is -2.23. The maximum atomic E-state index is 12.5. The summed E-state index contributed by atoms with van der Waals surface area (Å²) in [5.41, 5.74) is 8.98. The second-order valence-electron chi connectivity index (χ2n) is 13.2. The van der Waals surface area contributed by atoms with E-state index in [0.717, 1.165) is 46.7 Å². The first-order valence-corrected chi connectivity index (χ1v) is 19.1. The van der Waals surface area contributed by atoms with Gasteiger partial charge in [0.25, 0.3) is 0 Å². The average molecular weight is 767 g/mol. The van der Waals surface area contributed by atoms with E-state index < -0.39 is 0 Å².